The normalized spacial score (nSPS) is 26.4. The van der Waals surface area contributed by atoms with Gasteiger partial charge in [-0.15, -0.1) is 0 Å². The second-order valence-electron chi connectivity index (χ2n) is 6.60. The van der Waals surface area contributed by atoms with Crippen molar-refractivity contribution in [2.75, 3.05) is 0 Å². The highest BCUT2D eigenvalue weighted by Crippen LogP contribution is 2.56. The lowest BCUT2D eigenvalue weighted by molar-refractivity contribution is -0.384. The van der Waals surface area contributed by atoms with Gasteiger partial charge in [0.2, 0.25) is 0 Å². The number of rotatable bonds is 2. The van der Waals surface area contributed by atoms with E-state index in [1.54, 1.807) is 6.07 Å². The van der Waals surface area contributed by atoms with Crippen molar-refractivity contribution in [1.82, 2.24) is 0 Å². The summed E-state index contributed by atoms with van der Waals surface area (Å²) in [7, 11) is 0. The van der Waals surface area contributed by atoms with Crippen molar-refractivity contribution in [3.05, 3.63) is 51.6 Å². The molecule has 3 atom stereocenters. The molecule has 1 N–H and O–H groups in total. The Hall–Kier alpha value is -3.50. The Kier molecular flexibility index (Phi) is 4.28. The van der Waals surface area contributed by atoms with E-state index in [9.17, 15) is 25.9 Å². The van der Waals surface area contributed by atoms with E-state index >= 15 is 0 Å². The minimum absolute atomic E-state index is 0.0296. The van der Waals surface area contributed by atoms with Crippen LogP contribution in [0.3, 0.4) is 0 Å². The molecule has 1 unspecified atom stereocenters. The lowest BCUT2D eigenvalue weighted by Gasteiger charge is -2.45. The molecule has 0 amide bonds. The van der Waals surface area contributed by atoms with Gasteiger partial charge in [-0.2, -0.15) is 15.8 Å². The predicted molar refractivity (Wildman–Crippen MR) is 91.8 cm³/mol. The summed E-state index contributed by atoms with van der Waals surface area (Å²) < 4.78 is 0. The third kappa shape index (κ3) is 2.36. The molecular weight excluding hydrogens is 330 g/mol. The molecule has 1 aromatic carbocycles. The van der Waals surface area contributed by atoms with Crippen molar-refractivity contribution in [1.29, 1.82) is 21.2 Å². The SMILES string of the molecule is N#CC1C(=N)C2=CCCC[C@H]2[C@H](c2cccc([N+](=O)[O-])c2)C1(C#N)C#N. The van der Waals surface area contributed by atoms with Crippen LogP contribution in [0.5, 0.6) is 0 Å². The summed E-state index contributed by atoms with van der Waals surface area (Å²) in [5.41, 5.74) is -0.654. The Labute approximate surface area is 150 Å². The van der Waals surface area contributed by atoms with Crippen LogP contribution in [0.4, 0.5) is 5.69 Å². The molecule has 2 aliphatic carbocycles. The first kappa shape index (κ1) is 17.3. The summed E-state index contributed by atoms with van der Waals surface area (Å²) in [6.45, 7) is 0. The van der Waals surface area contributed by atoms with Crippen molar-refractivity contribution in [2.24, 2.45) is 17.3 Å². The average Bonchev–Trinajstić information content (AvgIpc) is 2.67. The van der Waals surface area contributed by atoms with Crippen LogP contribution in [0.25, 0.3) is 0 Å². The fourth-order valence-electron chi connectivity index (χ4n) is 4.24. The smallest absolute Gasteiger partial charge is 0.269 e. The highest BCUT2D eigenvalue weighted by Gasteiger charge is 2.58. The zero-order chi connectivity index (χ0) is 18.9. The van der Waals surface area contributed by atoms with E-state index in [0.29, 0.717) is 17.6 Å². The summed E-state index contributed by atoms with van der Waals surface area (Å²) in [6.07, 6.45) is 4.20. The first-order chi connectivity index (χ1) is 12.5. The van der Waals surface area contributed by atoms with Crippen molar-refractivity contribution in [3.8, 4) is 18.2 Å². The van der Waals surface area contributed by atoms with Crippen molar-refractivity contribution in [2.45, 2.75) is 25.2 Å². The van der Waals surface area contributed by atoms with Crippen molar-refractivity contribution < 1.29 is 4.92 Å². The van der Waals surface area contributed by atoms with Gasteiger partial charge in [-0.3, -0.25) is 10.1 Å². The van der Waals surface area contributed by atoms with Crippen LogP contribution in [-0.2, 0) is 0 Å². The van der Waals surface area contributed by atoms with E-state index in [4.69, 9.17) is 5.41 Å². The number of nitriles is 3. The van der Waals surface area contributed by atoms with E-state index in [-0.39, 0.29) is 17.3 Å². The molecule has 0 aromatic heterocycles. The molecule has 0 bridgehead atoms. The fourth-order valence-corrected chi connectivity index (χ4v) is 4.24. The van der Waals surface area contributed by atoms with Crippen LogP contribution in [-0.4, -0.2) is 10.6 Å². The predicted octanol–water partition coefficient (Wildman–Crippen LogP) is 3.61. The molecule has 0 heterocycles. The summed E-state index contributed by atoms with van der Waals surface area (Å²) >= 11 is 0. The fraction of sp³-hybridized carbons (Fsp3) is 0.368. The topological polar surface area (TPSA) is 138 Å². The number of hydrogen-bond acceptors (Lipinski definition) is 6. The maximum atomic E-state index is 11.2. The third-order valence-corrected chi connectivity index (χ3v) is 5.37. The summed E-state index contributed by atoms with van der Waals surface area (Å²) in [5.74, 6) is -2.16. The highest BCUT2D eigenvalue weighted by molar-refractivity contribution is 6.04. The van der Waals surface area contributed by atoms with E-state index in [2.05, 4.69) is 0 Å². The number of benzene rings is 1. The number of hydrogen-bond donors (Lipinski definition) is 1. The molecule has 128 valence electrons. The van der Waals surface area contributed by atoms with Gasteiger partial charge in [-0.25, -0.2) is 0 Å². The van der Waals surface area contributed by atoms with Gasteiger partial charge in [-0.1, -0.05) is 18.2 Å². The van der Waals surface area contributed by atoms with Gasteiger partial charge in [-0.05, 0) is 36.3 Å². The number of nitro groups is 1. The highest BCUT2D eigenvalue weighted by atomic mass is 16.6. The first-order valence-corrected chi connectivity index (χ1v) is 8.25. The Morgan fingerprint density at radius 1 is 1.27 bits per heavy atom. The Balaban J connectivity index is 2.28. The minimum Gasteiger partial charge on any atom is -0.304 e. The Morgan fingerprint density at radius 2 is 2.00 bits per heavy atom. The van der Waals surface area contributed by atoms with Gasteiger partial charge in [0, 0.05) is 18.1 Å². The van der Waals surface area contributed by atoms with Gasteiger partial charge in [0.15, 0.2) is 5.41 Å². The monoisotopic (exact) mass is 345 g/mol. The number of nitro benzene ring substituents is 1. The molecule has 7 nitrogen and oxygen atoms in total. The van der Waals surface area contributed by atoms with E-state index in [1.165, 1.54) is 18.2 Å². The van der Waals surface area contributed by atoms with Crippen molar-refractivity contribution >= 4 is 11.4 Å². The van der Waals surface area contributed by atoms with Crippen LogP contribution < -0.4 is 0 Å². The summed E-state index contributed by atoms with van der Waals surface area (Å²) in [5, 5.41) is 49.0. The van der Waals surface area contributed by atoms with Gasteiger partial charge in [0.25, 0.3) is 5.69 Å². The molecule has 2 aliphatic rings. The standard InChI is InChI=1S/C19H15N5O2/c20-9-16-18(23)15-7-2-1-6-14(15)17(19(16,10-21)11-22)12-4-3-5-13(8-12)24(25)26/h3-5,7-8,14,16-17,23H,1-2,6H2/t14-,16?,17+/m1/s1. The quantitative estimate of drug-likeness (QED) is 0.644. The summed E-state index contributed by atoms with van der Waals surface area (Å²) in [6, 6.07) is 11.9. The molecule has 0 spiro atoms. The molecule has 0 radical (unpaired) electrons. The molecule has 1 aromatic rings. The van der Waals surface area contributed by atoms with Crippen molar-refractivity contribution in [3.63, 3.8) is 0 Å². The van der Waals surface area contributed by atoms with Gasteiger partial charge in [0.1, 0.15) is 5.92 Å². The molecule has 3 rings (SSSR count). The van der Waals surface area contributed by atoms with Gasteiger partial charge in [0.05, 0.1) is 28.8 Å². The molecule has 0 saturated heterocycles. The van der Waals surface area contributed by atoms with E-state index < -0.39 is 22.2 Å². The van der Waals surface area contributed by atoms with Crippen LogP contribution in [0.15, 0.2) is 35.9 Å². The maximum Gasteiger partial charge on any atom is 0.269 e. The van der Waals surface area contributed by atoms with Crippen LogP contribution in [0.2, 0.25) is 0 Å². The number of non-ortho nitro benzene ring substituents is 1. The minimum atomic E-state index is -1.75. The number of nitrogens with zero attached hydrogens (tertiary/aromatic N) is 4. The number of fused-ring (bicyclic) bond motifs is 1. The second kappa shape index (κ2) is 6.43. The van der Waals surface area contributed by atoms with Gasteiger partial charge < -0.3 is 5.41 Å². The summed E-state index contributed by atoms with van der Waals surface area (Å²) in [4.78, 5) is 10.6. The number of nitrogens with one attached hydrogen (secondary N) is 1. The third-order valence-electron chi connectivity index (χ3n) is 5.37. The molecule has 1 saturated carbocycles. The van der Waals surface area contributed by atoms with Crippen LogP contribution in [0.1, 0.15) is 30.7 Å². The Morgan fingerprint density at radius 3 is 2.62 bits per heavy atom. The molecule has 7 heteroatoms. The lowest BCUT2D eigenvalue weighted by atomic mass is 9.52. The van der Waals surface area contributed by atoms with Crippen LogP contribution in [0, 0.1) is 66.8 Å². The first-order valence-electron chi connectivity index (χ1n) is 8.25. The molecule has 1 fully saturated rings. The largest absolute Gasteiger partial charge is 0.304 e. The van der Waals surface area contributed by atoms with E-state index in [1.807, 2.05) is 24.3 Å². The Bertz CT molecular complexity index is 930. The van der Waals surface area contributed by atoms with Crippen LogP contribution >= 0.6 is 0 Å². The molecular formula is C19H15N5O2. The second-order valence-corrected chi connectivity index (χ2v) is 6.60. The zero-order valence-corrected chi connectivity index (χ0v) is 13.8. The number of allylic oxidation sites excluding steroid dienone is 2. The average molecular weight is 345 g/mol. The van der Waals surface area contributed by atoms with Gasteiger partial charge >= 0.3 is 0 Å². The zero-order valence-electron chi connectivity index (χ0n) is 13.8. The maximum absolute atomic E-state index is 11.2. The molecule has 0 aliphatic heterocycles. The molecule has 26 heavy (non-hydrogen) atoms. The van der Waals surface area contributed by atoms with E-state index in [0.717, 1.165) is 12.8 Å². The lowest BCUT2D eigenvalue weighted by Crippen LogP contribution is -2.48.